The Labute approximate surface area is 131 Å². The van der Waals surface area contributed by atoms with Crippen molar-refractivity contribution < 1.29 is 9.47 Å². The summed E-state index contributed by atoms with van der Waals surface area (Å²) in [6, 6.07) is 1.42. The van der Waals surface area contributed by atoms with E-state index in [9.17, 15) is 9.59 Å². The Bertz CT molecular complexity index is 522. The Morgan fingerprint density at radius 1 is 0.909 bits per heavy atom. The molecular formula is C16H28N2O4. The van der Waals surface area contributed by atoms with Crippen molar-refractivity contribution in [2.45, 2.75) is 52.6 Å². The predicted octanol–water partition coefficient (Wildman–Crippen LogP) is 1.64. The second-order valence-corrected chi connectivity index (χ2v) is 5.21. The van der Waals surface area contributed by atoms with Crippen LogP contribution in [-0.4, -0.2) is 35.6 Å². The summed E-state index contributed by atoms with van der Waals surface area (Å²) in [6.07, 6.45) is 5.69. The van der Waals surface area contributed by atoms with Crippen LogP contribution in [0.25, 0.3) is 0 Å². The molecule has 1 rings (SSSR count). The molecule has 22 heavy (non-hydrogen) atoms. The van der Waals surface area contributed by atoms with Crippen LogP contribution in [0.3, 0.4) is 0 Å². The molecule has 0 bridgehead atoms. The summed E-state index contributed by atoms with van der Waals surface area (Å²) in [5, 5.41) is 0. The van der Waals surface area contributed by atoms with Gasteiger partial charge in [-0.15, -0.1) is 0 Å². The van der Waals surface area contributed by atoms with Crippen molar-refractivity contribution in [3.63, 3.8) is 0 Å². The smallest absolute Gasteiger partial charge is 0.331 e. The van der Waals surface area contributed by atoms with Gasteiger partial charge in [-0.1, -0.05) is 26.7 Å². The second kappa shape index (κ2) is 11.2. The standard InChI is InChI=1S/C16H28N2O4/c1-3-5-11-21-13-9-17-8-7-15(19)18(16(17)20)10-14-22-12-6-4-2/h7-8H,3-6,9-14H2,1-2H3. The van der Waals surface area contributed by atoms with Crippen LogP contribution in [0.1, 0.15) is 39.5 Å². The fraction of sp³-hybridized carbons (Fsp3) is 0.750. The SMILES string of the molecule is CCCCOCCn1ccc(=O)n(CCOCCCC)c1=O. The quantitative estimate of drug-likeness (QED) is 0.551. The van der Waals surface area contributed by atoms with E-state index in [4.69, 9.17) is 9.47 Å². The summed E-state index contributed by atoms with van der Waals surface area (Å²) in [5.74, 6) is 0. The summed E-state index contributed by atoms with van der Waals surface area (Å²) in [5.41, 5.74) is -0.585. The second-order valence-electron chi connectivity index (χ2n) is 5.21. The first kappa shape index (κ1) is 18.6. The molecule has 0 atom stereocenters. The number of unbranched alkanes of at least 4 members (excludes halogenated alkanes) is 2. The number of hydrogen-bond donors (Lipinski definition) is 0. The minimum atomic E-state index is -0.300. The summed E-state index contributed by atoms with van der Waals surface area (Å²) in [4.78, 5) is 24.0. The van der Waals surface area contributed by atoms with Crippen molar-refractivity contribution in [1.82, 2.24) is 9.13 Å². The van der Waals surface area contributed by atoms with E-state index >= 15 is 0 Å². The molecule has 6 nitrogen and oxygen atoms in total. The van der Waals surface area contributed by atoms with E-state index in [1.165, 1.54) is 21.4 Å². The lowest BCUT2D eigenvalue weighted by molar-refractivity contribution is 0.117. The van der Waals surface area contributed by atoms with Gasteiger partial charge in [0.05, 0.1) is 26.3 Å². The average molecular weight is 312 g/mol. The molecule has 0 aliphatic carbocycles. The summed E-state index contributed by atoms with van der Waals surface area (Å²) in [7, 11) is 0. The Morgan fingerprint density at radius 3 is 2.09 bits per heavy atom. The normalized spacial score (nSPS) is 11.0. The molecule has 0 fully saturated rings. The topological polar surface area (TPSA) is 62.5 Å². The van der Waals surface area contributed by atoms with Crippen molar-refractivity contribution in [2.75, 3.05) is 26.4 Å². The molecule has 6 heteroatoms. The highest BCUT2D eigenvalue weighted by Gasteiger charge is 2.05. The van der Waals surface area contributed by atoms with Crippen molar-refractivity contribution in [2.24, 2.45) is 0 Å². The maximum absolute atomic E-state index is 12.2. The van der Waals surface area contributed by atoms with Gasteiger partial charge in [-0.3, -0.25) is 13.9 Å². The monoisotopic (exact) mass is 312 g/mol. The van der Waals surface area contributed by atoms with Crippen LogP contribution >= 0.6 is 0 Å². The molecule has 1 aromatic rings. The molecule has 0 radical (unpaired) electrons. The highest BCUT2D eigenvalue weighted by molar-refractivity contribution is 4.86. The van der Waals surface area contributed by atoms with Gasteiger partial charge in [0.25, 0.3) is 5.56 Å². The van der Waals surface area contributed by atoms with Gasteiger partial charge in [0.15, 0.2) is 0 Å². The van der Waals surface area contributed by atoms with Gasteiger partial charge in [0.2, 0.25) is 0 Å². The lowest BCUT2D eigenvalue weighted by atomic mass is 10.4. The highest BCUT2D eigenvalue weighted by atomic mass is 16.5. The predicted molar refractivity (Wildman–Crippen MR) is 86.4 cm³/mol. The van der Waals surface area contributed by atoms with Gasteiger partial charge in [0.1, 0.15) is 0 Å². The number of ether oxygens (including phenoxy) is 2. The van der Waals surface area contributed by atoms with Gasteiger partial charge in [0, 0.05) is 25.5 Å². The molecular weight excluding hydrogens is 284 g/mol. The van der Waals surface area contributed by atoms with E-state index < -0.39 is 0 Å². The average Bonchev–Trinajstić information content (AvgIpc) is 2.51. The molecule has 0 aliphatic rings. The summed E-state index contributed by atoms with van der Waals surface area (Å²) < 4.78 is 13.6. The van der Waals surface area contributed by atoms with Gasteiger partial charge >= 0.3 is 5.69 Å². The van der Waals surface area contributed by atoms with E-state index in [0.717, 1.165) is 25.7 Å². The van der Waals surface area contributed by atoms with Gasteiger partial charge < -0.3 is 9.47 Å². The van der Waals surface area contributed by atoms with E-state index in [1.807, 2.05) is 0 Å². The van der Waals surface area contributed by atoms with Crippen LogP contribution in [0.5, 0.6) is 0 Å². The van der Waals surface area contributed by atoms with Crippen LogP contribution in [0.15, 0.2) is 21.9 Å². The highest BCUT2D eigenvalue weighted by Crippen LogP contribution is 1.90. The van der Waals surface area contributed by atoms with E-state index in [1.54, 1.807) is 0 Å². The van der Waals surface area contributed by atoms with E-state index in [-0.39, 0.29) is 11.2 Å². The zero-order chi connectivity index (χ0) is 16.2. The first-order chi connectivity index (χ1) is 10.7. The van der Waals surface area contributed by atoms with E-state index in [2.05, 4.69) is 13.8 Å². The fourth-order valence-corrected chi connectivity index (χ4v) is 1.95. The molecule has 0 saturated heterocycles. The number of nitrogens with zero attached hydrogens (tertiary/aromatic N) is 2. The lowest BCUT2D eigenvalue weighted by Crippen LogP contribution is -2.40. The first-order valence-electron chi connectivity index (χ1n) is 8.16. The minimum Gasteiger partial charge on any atom is -0.380 e. The molecule has 126 valence electrons. The Morgan fingerprint density at radius 2 is 1.50 bits per heavy atom. The van der Waals surface area contributed by atoms with Crippen LogP contribution in [0.4, 0.5) is 0 Å². The third kappa shape index (κ3) is 6.58. The van der Waals surface area contributed by atoms with Gasteiger partial charge in [-0.25, -0.2) is 4.79 Å². The molecule has 0 spiro atoms. The van der Waals surface area contributed by atoms with Crippen molar-refractivity contribution in [1.29, 1.82) is 0 Å². The van der Waals surface area contributed by atoms with Crippen LogP contribution in [0, 0.1) is 0 Å². The maximum atomic E-state index is 12.2. The molecule has 0 saturated carbocycles. The van der Waals surface area contributed by atoms with E-state index in [0.29, 0.717) is 39.5 Å². The molecule has 0 unspecified atom stereocenters. The number of rotatable bonds is 12. The summed E-state index contributed by atoms with van der Waals surface area (Å²) in [6.45, 7) is 7.17. The zero-order valence-electron chi connectivity index (χ0n) is 13.8. The van der Waals surface area contributed by atoms with Crippen LogP contribution in [0.2, 0.25) is 0 Å². The minimum absolute atomic E-state index is 0.285. The lowest BCUT2D eigenvalue weighted by Gasteiger charge is -2.10. The van der Waals surface area contributed by atoms with Crippen molar-refractivity contribution in [3.8, 4) is 0 Å². The number of aromatic nitrogens is 2. The third-order valence-electron chi connectivity index (χ3n) is 3.36. The zero-order valence-corrected chi connectivity index (χ0v) is 13.8. The van der Waals surface area contributed by atoms with Gasteiger partial charge in [-0.05, 0) is 12.8 Å². The molecule has 1 aromatic heterocycles. The molecule has 1 heterocycles. The maximum Gasteiger partial charge on any atom is 0.331 e. The molecule has 0 aliphatic heterocycles. The molecule has 0 aromatic carbocycles. The fourth-order valence-electron chi connectivity index (χ4n) is 1.95. The van der Waals surface area contributed by atoms with Gasteiger partial charge in [-0.2, -0.15) is 0 Å². The Balaban J connectivity index is 2.52. The molecule has 0 N–H and O–H groups in total. The third-order valence-corrected chi connectivity index (χ3v) is 3.36. The number of hydrogen-bond acceptors (Lipinski definition) is 4. The first-order valence-corrected chi connectivity index (χ1v) is 8.16. The van der Waals surface area contributed by atoms with Crippen molar-refractivity contribution in [3.05, 3.63) is 33.1 Å². The molecule has 0 amide bonds. The largest absolute Gasteiger partial charge is 0.380 e. The Hall–Kier alpha value is -1.40. The van der Waals surface area contributed by atoms with Crippen molar-refractivity contribution >= 4 is 0 Å². The van der Waals surface area contributed by atoms with Crippen LogP contribution in [-0.2, 0) is 22.6 Å². The van der Waals surface area contributed by atoms with Crippen LogP contribution < -0.4 is 11.2 Å². The Kier molecular flexibility index (Phi) is 9.50. The summed E-state index contributed by atoms with van der Waals surface area (Å²) >= 11 is 0.